The van der Waals surface area contributed by atoms with Gasteiger partial charge in [-0.3, -0.25) is 9.59 Å². The van der Waals surface area contributed by atoms with Crippen molar-refractivity contribution < 1.29 is 9.59 Å². The van der Waals surface area contributed by atoms with Crippen molar-refractivity contribution in [2.24, 2.45) is 0 Å². The maximum Gasteiger partial charge on any atom is 0.256 e. The van der Waals surface area contributed by atoms with Crippen LogP contribution >= 0.6 is 0 Å². The second kappa shape index (κ2) is 8.12. The Labute approximate surface area is 163 Å². The number of nitrogens with one attached hydrogen (secondary N) is 1. The number of para-hydroxylation sites is 1. The SMILES string of the molecule is O=C(NCCCN1CCCC1=O)c1cnn(-c2ccccc2)c1-n1cccc1. The van der Waals surface area contributed by atoms with Crippen LogP contribution < -0.4 is 5.32 Å². The zero-order valence-corrected chi connectivity index (χ0v) is 15.6. The molecule has 144 valence electrons. The molecule has 2 aromatic heterocycles. The van der Waals surface area contributed by atoms with Gasteiger partial charge < -0.3 is 14.8 Å². The van der Waals surface area contributed by atoms with Gasteiger partial charge in [-0.25, -0.2) is 4.68 Å². The van der Waals surface area contributed by atoms with Crippen LogP contribution in [0.3, 0.4) is 0 Å². The van der Waals surface area contributed by atoms with Gasteiger partial charge in [0, 0.05) is 38.4 Å². The van der Waals surface area contributed by atoms with E-state index in [-0.39, 0.29) is 11.8 Å². The molecule has 7 heteroatoms. The van der Waals surface area contributed by atoms with Gasteiger partial charge in [-0.1, -0.05) is 18.2 Å². The van der Waals surface area contributed by atoms with Crippen molar-refractivity contribution in [3.05, 3.63) is 66.6 Å². The fourth-order valence-electron chi connectivity index (χ4n) is 3.49. The minimum absolute atomic E-state index is 0.168. The van der Waals surface area contributed by atoms with Gasteiger partial charge in [0.2, 0.25) is 5.91 Å². The third-order valence-electron chi connectivity index (χ3n) is 4.90. The zero-order valence-electron chi connectivity index (χ0n) is 15.6. The van der Waals surface area contributed by atoms with Crippen molar-refractivity contribution in [3.8, 4) is 11.5 Å². The Morgan fingerprint density at radius 2 is 1.89 bits per heavy atom. The summed E-state index contributed by atoms with van der Waals surface area (Å²) in [4.78, 5) is 26.3. The van der Waals surface area contributed by atoms with Crippen LogP contribution in [-0.2, 0) is 4.79 Å². The average molecular weight is 377 g/mol. The molecule has 1 saturated heterocycles. The number of aromatic nitrogens is 3. The maximum atomic E-state index is 12.8. The number of nitrogens with zero attached hydrogens (tertiary/aromatic N) is 4. The summed E-state index contributed by atoms with van der Waals surface area (Å²) in [6.07, 6.45) is 7.71. The molecule has 28 heavy (non-hydrogen) atoms. The van der Waals surface area contributed by atoms with Crippen molar-refractivity contribution in [1.82, 2.24) is 24.6 Å². The van der Waals surface area contributed by atoms with Gasteiger partial charge in [0.15, 0.2) is 5.82 Å². The zero-order chi connectivity index (χ0) is 19.3. The molecule has 2 amide bonds. The minimum atomic E-state index is -0.168. The highest BCUT2D eigenvalue weighted by Gasteiger charge is 2.21. The molecule has 3 heterocycles. The molecule has 1 fully saturated rings. The Bertz CT molecular complexity index is 947. The lowest BCUT2D eigenvalue weighted by Crippen LogP contribution is -2.31. The molecule has 4 rings (SSSR count). The topological polar surface area (TPSA) is 72.2 Å². The van der Waals surface area contributed by atoms with E-state index in [1.165, 1.54) is 0 Å². The summed E-state index contributed by atoms with van der Waals surface area (Å²) in [6, 6.07) is 13.6. The molecular formula is C21H23N5O2. The van der Waals surface area contributed by atoms with E-state index in [2.05, 4.69) is 10.4 Å². The van der Waals surface area contributed by atoms with Crippen molar-refractivity contribution in [3.63, 3.8) is 0 Å². The molecule has 7 nitrogen and oxygen atoms in total. The smallest absolute Gasteiger partial charge is 0.256 e. The maximum absolute atomic E-state index is 12.8. The van der Waals surface area contributed by atoms with Gasteiger partial charge in [-0.15, -0.1) is 0 Å². The highest BCUT2D eigenvalue weighted by molar-refractivity contribution is 5.97. The monoisotopic (exact) mass is 377 g/mol. The number of rotatable bonds is 7. The Hall–Kier alpha value is -3.35. The van der Waals surface area contributed by atoms with E-state index in [9.17, 15) is 9.59 Å². The summed E-state index contributed by atoms with van der Waals surface area (Å²) in [5.74, 6) is 0.743. The van der Waals surface area contributed by atoms with Crippen LogP contribution in [0.25, 0.3) is 11.5 Å². The third kappa shape index (κ3) is 3.69. The molecule has 0 unspecified atom stereocenters. The Morgan fingerprint density at radius 1 is 1.11 bits per heavy atom. The largest absolute Gasteiger partial charge is 0.352 e. The molecule has 0 atom stereocenters. The van der Waals surface area contributed by atoms with Crippen LogP contribution in [0.5, 0.6) is 0 Å². The summed E-state index contributed by atoms with van der Waals surface area (Å²) in [5.41, 5.74) is 1.40. The summed E-state index contributed by atoms with van der Waals surface area (Å²) >= 11 is 0. The number of benzene rings is 1. The van der Waals surface area contributed by atoms with Crippen LogP contribution in [0.2, 0.25) is 0 Å². The number of likely N-dealkylation sites (tertiary alicyclic amines) is 1. The first kappa shape index (κ1) is 18.0. The number of amides is 2. The van der Waals surface area contributed by atoms with E-state index in [1.54, 1.807) is 10.9 Å². The van der Waals surface area contributed by atoms with E-state index in [1.807, 2.05) is 64.3 Å². The lowest BCUT2D eigenvalue weighted by Gasteiger charge is -2.15. The van der Waals surface area contributed by atoms with Crippen molar-refractivity contribution in [1.29, 1.82) is 0 Å². The van der Waals surface area contributed by atoms with Gasteiger partial charge in [-0.2, -0.15) is 5.10 Å². The van der Waals surface area contributed by atoms with Crippen molar-refractivity contribution >= 4 is 11.8 Å². The fourth-order valence-corrected chi connectivity index (χ4v) is 3.49. The Kier molecular flexibility index (Phi) is 5.23. The average Bonchev–Trinajstić information content (AvgIpc) is 3.46. The van der Waals surface area contributed by atoms with Crippen molar-refractivity contribution in [2.45, 2.75) is 19.3 Å². The first-order chi connectivity index (χ1) is 13.7. The predicted octanol–water partition coefficient (Wildman–Crippen LogP) is 2.41. The fraction of sp³-hybridized carbons (Fsp3) is 0.286. The first-order valence-corrected chi connectivity index (χ1v) is 9.57. The summed E-state index contributed by atoms with van der Waals surface area (Å²) in [5, 5.41) is 7.41. The van der Waals surface area contributed by atoms with E-state index in [0.29, 0.717) is 30.9 Å². The normalized spacial score (nSPS) is 13.9. The van der Waals surface area contributed by atoms with Crippen LogP contribution in [0.4, 0.5) is 0 Å². The molecular weight excluding hydrogens is 354 g/mol. The van der Waals surface area contributed by atoms with Gasteiger partial charge >= 0.3 is 0 Å². The molecule has 1 aliphatic rings. The second-order valence-electron chi connectivity index (χ2n) is 6.81. The van der Waals surface area contributed by atoms with E-state index in [0.717, 1.165) is 25.1 Å². The lowest BCUT2D eigenvalue weighted by atomic mass is 10.2. The highest BCUT2D eigenvalue weighted by Crippen LogP contribution is 2.19. The van der Waals surface area contributed by atoms with Crippen molar-refractivity contribution in [2.75, 3.05) is 19.6 Å². The third-order valence-corrected chi connectivity index (χ3v) is 4.90. The van der Waals surface area contributed by atoms with Crippen LogP contribution in [0.15, 0.2) is 61.1 Å². The number of hydrogen-bond acceptors (Lipinski definition) is 3. The Balaban J connectivity index is 1.48. The summed E-state index contributed by atoms with van der Waals surface area (Å²) in [6.45, 7) is 2.03. The van der Waals surface area contributed by atoms with E-state index < -0.39 is 0 Å². The molecule has 1 aromatic carbocycles. The standard InChI is InChI=1S/C21H23N5O2/c27-19-10-6-14-24(19)15-7-11-22-20(28)18-16-23-26(17-8-2-1-3-9-17)21(18)25-12-4-5-13-25/h1-5,8-9,12-13,16H,6-7,10-11,14-15H2,(H,22,28). The minimum Gasteiger partial charge on any atom is -0.352 e. The molecule has 0 saturated carbocycles. The number of carbonyl (C=O) groups excluding carboxylic acids is 2. The van der Waals surface area contributed by atoms with Gasteiger partial charge in [0.25, 0.3) is 5.91 Å². The molecule has 0 spiro atoms. The van der Waals surface area contributed by atoms with E-state index in [4.69, 9.17) is 0 Å². The summed E-state index contributed by atoms with van der Waals surface area (Å²) < 4.78 is 3.65. The lowest BCUT2D eigenvalue weighted by molar-refractivity contribution is -0.127. The summed E-state index contributed by atoms with van der Waals surface area (Å²) in [7, 11) is 0. The van der Waals surface area contributed by atoms with Crippen LogP contribution in [0, 0.1) is 0 Å². The highest BCUT2D eigenvalue weighted by atomic mass is 16.2. The molecule has 0 bridgehead atoms. The van der Waals surface area contributed by atoms with Gasteiger partial charge in [0.05, 0.1) is 11.9 Å². The number of hydrogen-bond donors (Lipinski definition) is 1. The van der Waals surface area contributed by atoms with Crippen LogP contribution in [-0.4, -0.2) is 50.7 Å². The quantitative estimate of drug-likeness (QED) is 0.643. The molecule has 1 aliphatic heterocycles. The van der Waals surface area contributed by atoms with Crippen LogP contribution in [0.1, 0.15) is 29.6 Å². The molecule has 0 radical (unpaired) electrons. The molecule has 3 aromatic rings. The van der Waals surface area contributed by atoms with Gasteiger partial charge in [-0.05, 0) is 37.1 Å². The molecule has 0 aliphatic carbocycles. The Morgan fingerprint density at radius 3 is 2.61 bits per heavy atom. The van der Waals surface area contributed by atoms with Gasteiger partial charge in [0.1, 0.15) is 5.56 Å². The first-order valence-electron chi connectivity index (χ1n) is 9.57. The molecule has 1 N–H and O–H groups in total. The second-order valence-corrected chi connectivity index (χ2v) is 6.81. The predicted molar refractivity (Wildman–Crippen MR) is 106 cm³/mol. The number of carbonyl (C=O) groups is 2. The van der Waals surface area contributed by atoms with E-state index >= 15 is 0 Å².